The third kappa shape index (κ3) is 4.07. The van der Waals surface area contributed by atoms with Gasteiger partial charge in [-0.1, -0.05) is 62.4 Å². The maximum absolute atomic E-state index is 12.9. The molecule has 0 aliphatic carbocycles. The highest BCUT2D eigenvalue weighted by molar-refractivity contribution is 6.05. The Morgan fingerprint density at radius 2 is 1.53 bits per heavy atom. The number of benzene rings is 3. The van der Waals surface area contributed by atoms with E-state index in [1.807, 2.05) is 86.6 Å². The third-order valence-corrected chi connectivity index (χ3v) is 4.73. The van der Waals surface area contributed by atoms with Crippen LogP contribution in [0, 0.1) is 5.92 Å². The standard InChI is InChI=1S/C24H22N4O2/c1-16(2)23(29)26-22-15-21(27-28(22)20-10-4-3-5-11-20)24(30)25-19-13-12-17-8-6-7-9-18(17)14-19/h3-16H,1-2H3,(H,25,30)(H,26,29). The number of rotatable bonds is 5. The number of aromatic nitrogens is 2. The molecule has 2 amide bonds. The largest absolute Gasteiger partial charge is 0.321 e. The molecule has 0 saturated heterocycles. The molecule has 0 fully saturated rings. The Kier molecular flexibility index (Phi) is 5.30. The predicted molar refractivity (Wildman–Crippen MR) is 119 cm³/mol. The minimum Gasteiger partial charge on any atom is -0.321 e. The van der Waals surface area contributed by atoms with Crippen molar-refractivity contribution >= 4 is 34.1 Å². The van der Waals surface area contributed by atoms with Crippen LogP contribution in [-0.4, -0.2) is 21.6 Å². The topological polar surface area (TPSA) is 76.0 Å². The Hall–Kier alpha value is -3.93. The molecule has 1 heterocycles. The highest BCUT2D eigenvalue weighted by atomic mass is 16.2. The molecule has 0 aliphatic heterocycles. The summed E-state index contributed by atoms with van der Waals surface area (Å²) in [5.41, 5.74) is 1.65. The Morgan fingerprint density at radius 3 is 2.27 bits per heavy atom. The molecule has 150 valence electrons. The van der Waals surface area contributed by atoms with Crippen molar-refractivity contribution in [3.8, 4) is 5.69 Å². The first-order chi connectivity index (χ1) is 14.5. The fourth-order valence-electron chi connectivity index (χ4n) is 3.08. The summed E-state index contributed by atoms with van der Waals surface area (Å²) in [6, 6.07) is 24.6. The molecule has 30 heavy (non-hydrogen) atoms. The van der Waals surface area contributed by atoms with Gasteiger partial charge in [-0.25, -0.2) is 4.68 Å². The van der Waals surface area contributed by atoms with Crippen molar-refractivity contribution in [1.29, 1.82) is 0 Å². The van der Waals surface area contributed by atoms with Crippen molar-refractivity contribution in [2.75, 3.05) is 10.6 Å². The van der Waals surface area contributed by atoms with Crippen molar-refractivity contribution in [2.45, 2.75) is 13.8 Å². The monoisotopic (exact) mass is 398 g/mol. The van der Waals surface area contributed by atoms with Gasteiger partial charge in [0.2, 0.25) is 5.91 Å². The molecule has 4 aromatic rings. The quantitative estimate of drug-likeness (QED) is 0.503. The molecule has 2 N–H and O–H groups in total. The molecule has 0 unspecified atom stereocenters. The van der Waals surface area contributed by atoms with Crippen molar-refractivity contribution in [1.82, 2.24) is 9.78 Å². The van der Waals surface area contributed by atoms with Gasteiger partial charge in [0.05, 0.1) is 5.69 Å². The first-order valence-electron chi connectivity index (χ1n) is 9.78. The molecule has 3 aromatic carbocycles. The summed E-state index contributed by atoms with van der Waals surface area (Å²) in [6.07, 6.45) is 0. The Morgan fingerprint density at radius 1 is 0.833 bits per heavy atom. The summed E-state index contributed by atoms with van der Waals surface area (Å²) in [7, 11) is 0. The number of fused-ring (bicyclic) bond motifs is 1. The van der Waals surface area contributed by atoms with Gasteiger partial charge in [0, 0.05) is 17.7 Å². The molecule has 0 saturated carbocycles. The normalized spacial score (nSPS) is 10.9. The molecular weight excluding hydrogens is 376 g/mol. The maximum Gasteiger partial charge on any atom is 0.276 e. The first kappa shape index (κ1) is 19.4. The SMILES string of the molecule is CC(C)C(=O)Nc1cc(C(=O)Nc2ccc3ccccc3c2)nn1-c1ccccc1. The van der Waals surface area contributed by atoms with E-state index in [1.54, 1.807) is 10.7 Å². The summed E-state index contributed by atoms with van der Waals surface area (Å²) in [4.78, 5) is 25.1. The maximum atomic E-state index is 12.9. The molecular formula is C24H22N4O2. The number of carbonyl (C=O) groups is 2. The highest BCUT2D eigenvalue weighted by Gasteiger charge is 2.18. The second-order valence-corrected chi connectivity index (χ2v) is 7.32. The number of hydrogen-bond acceptors (Lipinski definition) is 3. The zero-order valence-corrected chi connectivity index (χ0v) is 16.8. The average molecular weight is 398 g/mol. The van der Waals surface area contributed by atoms with Gasteiger partial charge in [-0.2, -0.15) is 5.10 Å². The van der Waals surface area contributed by atoms with Gasteiger partial charge in [-0.15, -0.1) is 0 Å². The summed E-state index contributed by atoms with van der Waals surface area (Å²) in [5.74, 6) is -0.240. The van der Waals surface area contributed by atoms with Crippen LogP contribution in [0.1, 0.15) is 24.3 Å². The summed E-state index contributed by atoms with van der Waals surface area (Å²) in [6.45, 7) is 3.62. The minimum atomic E-state index is -0.347. The van der Waals surface area contributed by atoms with Crippen LogP contribution in [0.2, 0.25) is 0 Å². The summed E-state index contributed by atoms with van der Waals surface area (Å²) >= 11 is 0. The lowest BCUT2D eigenvalue weighted by atomic mass is 10.1. The lowest BCUT2D eigenvalue weighted by molar-refractivity contribution is -0.118. The van der Waals surface area contributed by atoms with Gasteiger partial charge >= 0.3 is 0 Å². The lowest BCUT2D eigenvalue weighted by Crippen LogP contribution is -2.19. The van der Waals surface area contributed by atoms with E-state index in [-0.39, 0.29) is 23.4 Å². The van der Waals surface area contributed by atoms with Crippen LogP contribution in [0.5, 0.6) is 0 Å². The van der Waals surface area contributed by atoms with E-state index < -0.39 is 0 Å². The lowest BCUT2D eigenvalue weighted by Gasteiger charge is -2.10. The number of carbonyl (C=O) groups excluding carboxylic acids is 2. The van der Waals surface area contributed by atoms with Crippen molar-refractivity contribution < 1.29 is 9.59 Å². The van der Waals surface area contributed by atoms with Gasteiger partial charge in [0.1, 0.15) is 5.82 Å². The first-order valence-corrected chi connectivity index (χ1v) is 9.78. The van der Waals surface area contributed by atoms with Crippen LogP contribution in [0.15, 0.2) is 78.9 Å². The van der Waals surface area contributed by atoms with Gasteiger partial charge in [0.25, 0.3) is 5.91 Å². The Bertz CT molecular complexity index is 1210. The third-order valence-electron chi connectivity index (χ3n) is 4.73. The molecule has 0 radical (unpaired) electrons. The molecule has 0 bridgehead atoms. The van der Waals surface area contributed by atoms with Crippen LogP contribution in [0.4, 0.5) is 11.5 Å². The van der Waals surface area contributed by atoms with E-state index in [1.165, 1.54) is 0 Å². The summed E-state index contributed by atoms with van der Waals surface area (Å²) in [5, 5.41) is 12.3. The molecule has 6 heteroatoms. The van der Waals surface area contributed by atoms with Gasteiger partial charge in [-0.05, 0) is 35.0 Å². The number of nitrogens with one attached hydrogen (secondary N) is 2. The van der Waals surface area contributed by atoms with E-state index in [9.17, 15) is 9.59 Å². The predicted octanol–water partition coefficient (Wildman–Crippen LogP) is 4.87. The van der Waals surface area contributed by atoms with Crippen LogP contribution < -0.4 is 10.6 Å². The zero-order chi connectivity index (χ0) is 21.1. The molecule has 0 spiro atoms. The van der Waals surface area contributed by atoms with Gasteiger partial charge < -0.3 is 10.6 Å². The van der Waals surface area contributed by atoms with Crippen molar-refractivity contribution in [3.63, 3.8) is 0 Å². The van der Waals surface area contributed by atoms with E-state index in [0.717, 1.165) is 16.5 Å². The number of para-hydroxylation sites is 1. The highest BCUT2D eigenvalue weighted by Crippen LogP contribution is 2.21. The fraction of sp³-hybridized carbons (Fsp3) is 0.125. The number of hydrogen-bond donors (Lipinski definition) is 2. The van der Waals surface area contributed by atoms with E-state index in [4.69, 9.17) is 0 Å². The number of amides is 2. The molecule has 4 rings (SSSR count). The number of anilines is 2. The molecule has 0 aliphatic rings. The van der Waals surface area contributed by atoms with Crippen LogP contribution in [0.3, 0.4) is 0 Å². The Balaban J connectivity index is 1.64. The minimum absolute atomic E-state index is 0.145. The molecule has 6 nitrogen and oxygen atoms in total. The van der Waals surface area contributed by atoms with Crippen LogP contribution in [0.25, 0.3) is 16.5 Å². The van der Waals surface area contributed by atoms with Crippen molar-refractivity contribution in [2.24, 2.45) is 5.92 Å². The van der Waals surface area contributed by atoms with Crippen LogP contribution in [-0.2, 0) is 4.79 Å². The molecule has 0 atom stereocenters. The number of nitrogens with zero attached hydrogens (tertiary/aromatic N) is 2. The van der Waals surface area contributed by atoms with Gasteiger partial charge in [0.15, 0.2) is 5.69 Å². The second kappa shape index (κ2) is 8.21. The van der Waals surface area contributed by atoms with E-state index in [0.29, 0.717) is 11.5 Å². The smallest absolute Gasteiger partial charge is 0.276 e. The van der Waals surface area contributed by atoms with E-state index in [2.05, 4.69) is 15.7 Å². The summed E-state index contributed by atoms with van der Waals surface area (Å²) < 4.78 is 1.57. The van der Waals surface area contributed by atoms with E-state index >= 15 is 0 Å². The Labute approximate surface area is 174 Å². The average Bonchev–Trinajstić information content (AvgIpc) is 3.18. The van der Waals surface area contributed by atoms with Crippen molar-refractivity contribution in [3.05, 3.63) is 84.6 Å². The van der Waals surface area contributed by atoms with Gasteiger partial charge in [-0.3, -0.25) is 9.59 Å². The fourth-order valence-corrected chi connectivity index (χ4v) is 3.08. The second-order valence-electron chi connectivity index (χ2n) is 7.32. The molecule has 1 aromatic heterocycles. The zero-order valence-electron chi connectivity index (χ0n) is 16.8. The van der Waals surface area contributed by atoms with Crippen LogP contribution >= 0.6 is 0 Å².